The molecule has 0 spiro atoms. The van der Waals surface area contributed by atoms with Gasteiger partial charge in [0.05, 0.1) is 6.42 Å². The average Bonchev–Trinajstić information content (AvgIpc) is 2.59. The van der Waals surface area contributed by atoms with Crippen molar-refractivity contribution in [2.24, 2.45) is 0 Å². The Morgan fingerprint density at radius 3 is 2.08 bits per heavy atom. The zero-order valence-corrected chi connectivity index (χ0v) is 16.8. The molecule has 0 aromatic heterocycles. The summed E-state index contributed by atoms with van der Waals surface area (Å²) in [4.78, 5) is 22.9. The molecule has 4 heteroatoms. The standard InChI is InChI=1S/C22H40O4/c1-3-5-7-9-10-11-12-13-14-16-18-22(25)26-20(19-21(23)24)17-15-8-6-4-2/h3,20H,1,4-19H2,2H3,(H,23,24). The molecule has 0 fully saturated rings. The van der Waals surface area contributed by atoms with E-state index in [0.717, 1.165) is 51.4 Å². The molecule has 152 valence electrons. The summed E-state index contributed by atoms with van der Waals surface area (Å²) in [5, 5.41) is 8.97. The first-order valence-electron chi connectivity index (χ1n) is 10.6. The van der Waals surface area contributed by atoms with E-state index in [0.29, 0.717) is 12.8 Å². The van der Waals surface area contributed by atoms with Crippen molar-refractivity contribution in [3.05, 3.63) is 12.7 Å². The fraction of sp³-hybridized carbons (Fsp3) is 0.818. The van der Waals surface area contributed by atoms with E-state index in [1.807, 2.05) is 6.08 Å². The number of aliphatic carboxylic acids is 1. The number of carboxylic acids is 1. The van der Waals surface area contributed by atoms with Crippen LogP contribution in [0.1, 0.15) is 110 Å². The zero-order chi connectivity index (χ0) is 19.5. The van der Waals surface area contributed by atoms with Crippen LogP contribution in [0.5, 0.6) is 0 Å². The Hall–Kier alpha value is -1.32. The van der Waals surface area contributed by atoms with E-state index < -0.39 is 12.1 Å². The molecule has 1 N–H and O–H groups in total. The van der Waals surface area contributed by atoms with E-state index in [2.05, 4.69) is 13.5 Å². The van der Waals surface area contributed by atoms with Crippen molar-refractivity contribution in [2.75, 3.05) is 0 Å². The van der Waals surface area contributed by atoms with Gasteiger partial charge in [-0.05, 0) is 32.1 Å². The van der Waals surface area contributed by atoms with Crippen molar-refractivity contribution < 1.29 is 19.4 Å². The normalized spacial score (nSPS) is 11.9. The third-order valence-corrected chi connectivity index (χ3v) is 4.62. The molecule has 0 aliphatic carbocycles. The fourth-order valence-corrected chi connectivity index (χ4v) is 3.06. The number of carbonyl (C=O) groups is 2. The van der Waals surface area contributed by atoms with Crippen LogP contribution in [-0.4, -0.2) is 23.1 Å². The third kappa shape index (κ3) is 17.5. The number of hydrogen-bond donors (Lipinski definition) is 1. The van der Waals surface area contributed by atoms with Gasteiger partial charge in [-0.1, -0.05) is 70.8 Å². The number of hydrogen-bond acceptors (Lipinski definition) is 3. The molecule has 0 saturated heterocycles. The number of ether oxygens (including phenoxy) is 1. The largest absolute Gasteiger partial charge is 0.481 e. The molecule has 0 rings (SSSR count). The van der Waals surface area contributed by atoms with Gasteiger partial charge in [0.2, 0.25) is 0 Å². The summed E-state index contributed by atoms with van der Waals surface area (Å²) in [6.07, 6.45) is 17.2. The number of esters is 1. The molecular formula is C22H40O4. The lowest BCUT2D eigenvalue weighted by molar-refractivity contribution is -0.153. The molecule has 1 unspecified atom stereocenters. The Balaban J connectivity index is 3.71. The lowest BCUT2D eigenvalue weighted by Crippen LogP contribution is -2.21. The smallest absolute Gasteiger partial charge is 0.307 e. The minimum Gasteiger partial charge on any atom is -0.481 e. The highest BCUT2D eigenvalue weighted by Gasteiger charge is 2.17. The Morgan fingerprint density at radius 1 is 0.923 bits per heavy atom. The Bertz CT molecular complexity index is 365. The second kappa shape index (κ2) is 18.5. The minimum atomic E-state index is -0.897. The average molecular weight is 369 g/mol. The predicted octanol–water partition coefficient (Wildman–Crippen LogP) is 6.43. The molecule has 4 nitrogen and oxygen atoms in total. The monoisotopic (exact) mass is 368 g/mol. The van der Waals surface area contributed by atoms with Gasteiger partial charge in [0.1, 0.15) is 6.10 Å². The molecule has 0 radical (unpaired) electrons. The molecule has 0 aliphatic rings. The maximum absolute atomic E-state index is 11.9. The van der Waals surface area contributed by atoms with Gasteiger partial charge in [0.25, 0.3) is 0 Å². The molecule has 0 amide bonds. The van der Waals surface area contributed by atoms with Crippen LogP contribution in [0, 0.1) is 0 Å². The van der Waals surface area contributed by atoms with Crippen LogP contribution in [0.2, 0.25) is 0 Å². The van der Waals surface area contributed by atoms with E-state index in [4.69, 9.17) is 9.84 Å². The Morgan fingerprint density at radius 2 is 1.50 bits per heavy atom. The van der Waals surface area contributed by atoms with Gasteiger partial charge >= 0.3 is 11.9 Å². The van der Waals surface area contributed by atoms with Crippen molar-refractivity contribution in [1.82, 2.24) is 0 Å². The molecule has 0 aromatic rings. The van der Waals surface area contributed by atoms with Gasteiger partial charge in [-0.3, -0.25) is 9.59 Å². The summed E-state index contributed by atoms with van der Waals surface area (Å²) >= 11 is 0. The van der Waals surface area contributed by atoms with Gasteiger partial charge in [0, 0.05) is 6.42 Å². The maximum atomic E-state index is 11.9. The highest BCUT2D eigenvalue weighted by Crippen LogP contribution is 2.14. The molecular weight excluding hydrogens is 328 g/mol. The third-order valence-electron chi connectivity index (χ3n) is 4.62. The number of carbonyl (C=O) groups excluding carboxylic acids is 1. The highest BCUT2D eigenvalue weighted by atomic mass is 16.5. The molecule has 1 atom stereocenters. The lowest BCUT2D eigenvalue weighted by Gasteiger charge is -2.16. The molecule has 0 saturated carbocycles. The van der Waals surface area contributed by atoms with Crippen molar-refractivity contribution in [2.45, 2.75) is 116 Å². The quantitative estimate of drug-likeness (QED) is 0.162. The summed E-state index contributed by atoms with van der Waals surface area (Å²) in [6, 6.07) is 0. The fourth-order valence-electron chi connectivity index (χ4n) is 3.06. The Kier molecular flexibility index (Phi) is 17.5. The molecule has 0 aliphatic heterocycles. The topological polar surface area (TPSA) is 63.6 Å². The van der Waals surface area contributed by atoms with E-state index in [-0.39, 0.29) is 12.4 Å². The SMILES string of the molecule is C=CCCCCCCCCCCC(=O)OC(CCCCCC)CC(=O)O. The van der Waals surface area contributed by atoms with E-state index >= 15 is 0 Å². The molecule has 26 heavy (non-hydrogen) atoms. The van der Waals surface area contributed by atoms with Crippen molar-refractivity contribution >= 4 is 11.9 Å². The molecule has 0 heterocycles. The van der Waals surface area contributed by atoms with Gasteiger partial charge in [0.15, 0.2) is 0 Å². The van der Waals surface area contributed by atoms with Gasteiger partial charge in [-0.25, -0.2) is 0 Å². The first kappa shape index (κ1) is 24.7. The summed E-state index contributed by atoms with van der Waals surface area (Å²) in [6.45, 7) is 5.87. The van der Waals surface area contributed by atoms with Crippen LogP contribution >= 0.6 is 0 Å². The second-order valence-corrected chi connectivity index (χ2v) is 7.21. The van der Waals surface area contributed by atoms with Crippen LogP contribution in [-0.2, 0) is 14.3 Å². The lowest BCUT2D eigenvalue weighted by atomic mass is 10.1. The summed E-state index contributed by atoms with van der Waals surface area (Å²) in [5.41, 5.74) is 0. The maximum Gasteiger partial charge on any atom is 0.307 e. The first-order chi connectivity index (χ1) is 12.6. The van der Waals surface area contributed by atoms with Crippen LogP contribution < -0.4 is 0 Å². The Labute approximate surface area is 160 Å². The van der Waals surface area contributed by atoms with Gasteiger partial charge in [-0.15, -0.1) is 6.58 Å². The zero-order valence-electron chi connectivity index (χ0n) is 16.8. The predicted molar refractivity (Wildman–Crippen MR) is 107 cm³/mol. The number of unbranched alkanes of at least 4 members (excludes halogenated alkanes) is 11. The van der Waals surface area contributed by atoms with Crippen LogP contribution in [0.4, 0.5) is 0 Å². The molecule has 0 bridgehead atoms. The summed E-state index contributed by atoms with van der Waals surface area (Å²) in [7, 11) is 0. The minimum absolute atomic E-state index is 0.0796. The van der Waals surface area contributed by atoms with Crippen molar-refractivity contribution in [3.63, 3.8) is 0 Å². The molecule has 0 aromatic carbocycles. The van der Waals surface area contributed by atoms with E-state index in [9.17, 15) is 9.59 Å². The number of carboxylic acid groups (broad SMARTS) is 1. The highest BCUT2D eigenvalue weighted by molar-refractivity contribution is 5.71. The van der Waals surface area contributed by atoms with E-state index in [1.165, 1.54) is 32.1 Å². The van der Waals surface area contributed by atoms with Crippen LogP contribution in [0.15, 0.2) is 12.7 Å². The summed E-state index contributed by atoms with van der Waals surface area (Å²) in [5.74, 6) is -1.14. The first-order valence-corrected chi connectivity index (χ1v) is 10.6. The van der Waals surface area contributed by atoms with Crippen molar-refractivity contribution in [1.29, 1.82) is 0 Å². The number of rotatable bonds is 19. The van der Waals surface area contributed by atoms with Gasteiger partial charge in [-0.2, -0.15) is 0 Å². The van der Waals surface area contributed by atoms with Crippen LogP contribution in [0.3, 0.4) is 0 Å². The van der Waals surface area contributed by atoms with E-state index in [1.54, 1.807) is 0 Å². The second-order valence-electron chi connectivity index (χ2n) is 7.21. The van der Waals surface area contributed by atoms with Crippen molar-refractivity contribution in [3.8, 4) is 0 Å². The van der Waals surface area contributed by atoms with Gasteiger partial charge < -0.3 is 9.84 Å². The van der Waals surface area contributed by atoms with Crippen LogP contribution in [0.25, 0.3) is 0 Å². The summed E-state index contributed by atoms with van der Waals surface area (Å²) < 4.78 is 5.40. The number of allylic oxidation sites excluding steroid dienone is 1.